The number of rotatable bonds is 3. The molecule has 0 aliphatic carbocycles. The molecule has 0 aromatic heterocycles. The number of hydrogen-bond acceptors (Lipinski definition) is 2. The number of likely N-dealkylation sites (tertiary alicyclic amines) is 1. The van der Waals surface area contributed by atoms with Crippen molar-refractivity contribution in [3.8, 4) is 0 Å². The molecular weight excluding hydrogens is 325 g/mol. The quantitative estimate of drug-likeness (QED) is 0.886. The molecule has 2 N–H and O–H groups in total. The Bertz CT molecular complexity index is 646. The minimum atomic E-state index is -4.65. The summed E-state index contributed by atoms with van der Waals surface area (Å²) >= 11 is 0. The smallest absolute Gasteiger partial charge is 0.394 e. The SMILES string of the molecule is Cc1ccc(CNC(=O)N2C[C@@H](C(F)(F)F)[C@H](C(=O)O)C2)c(C)c1. The van der Waals surface area contributed by atoms with Gasteiger partial charge in [0, 0.05) is 19.6 Å². The van der Waals surface area contributed by atoms with Gasteiger partial charge in [0.05, 0.1) is 11.8 Å². The van der Waals surface area contributed by atoms with Crippen LogP contribution in [0.15, 0.2) is 18.2 Å². The number of carbonyl (C=O) groups is 2. The second kappa shape index (κ2) is 6.70. The van der Waals surface area contributed by atoms with Gasteiger partial charge in [-0.05, 0) is 25.0 Å². The number of carboxylic acid groups (broad SMARTS) is 1. The molecule has 2 amide bonds. The molecule has 5 nitrogen and oxygen atoms in total. The van der Waals surface area contributed by atoms with Crippen LogP contribution in [0.25, 0.3) is 0 Å². The van der Waals surface area contributed by atoms with Crippen LogP contribution in [-0.4, -0.2) is 41.3 Å². The number of benzene rings is 1. The van der Waals surface area contributed by atoms with Crippen molar-refractivity contribution in [3.05, 3.63) is 34.9 Å². The molecule has 1 fully saturated rings. The second-order valence-corrected chi connectivity index (χ2v) is 6.09. The molecule has 132 valence electrons. The zero-order valence-electron chi connectivity index (χ0n) is 13.4. The Morgan fingerprint density at radius 1 is 1.29 bits per heavy atom. The number of aryl methyl sites for hydroxylation is 2. The molecule has 1 aliphatic heterocycles. The number of nitrogens with one attached hydrogen (secondary N) is 1. The lowest BCUT2D eigenvalue weighted by Crippen LogP contribution is -2.39. The van der Waals surface area contributed by atoms with E-state index in [4.69, 9.17) is 5.11 Å². The summed E-state index contributed by atoms with van der Waals surface area (Å²) in [6.45, 7) is 2.90. The molecule has 2 atom stereocenters. The minimum absolute atomic E-state index is 0.176. The molecule has 1 aliphatic rings. The number of aliphatic carboxylic acids is 1. The highest BCUT2D eigenvalue weighted by molar-refractivity contribution is 5.77. The summed E-state index contributed by atoms with van der Waals surface area (Å²) < 4.78 is 38.8. The molecule has 0 radical (unpaired) electrons. The van der Waals surface area contributed by atoms with Crippen LogP contribution < -0.4 is 5.32 Å². The fraction of sp³-hybridized carbons (Fsp3) is 0.500. The number of nitrogens with zero attached hydrogens (tertiary/aromatic N) is 1. The first-order chi connectivity index (χ1) is 11.1. The van der Waals surface area contributed by atoms with Crippen LogP contribution in [0.2, 0.25) is 0 Å². The first kappa shape index (κ1) is 18.1. The molecule has 24 heavy (non-hydrogen) atoms. The van der Waals surface area contributed by atoms with E-state index in [9.17, 15) is 22.8 Å². The lowest BCUT2D eigenvalue weighted by Gasteiger charge is -2.19. The number of hydrogen-bond donors (Lipinski definition) is 2. The summed E-state index contributed by atoms with van der Waals surface area (Å²) in [5, 5.41) is 11.5. The van der Waals surface area contributed by atoms with Gasteiger partial charge in [-0.3, -0.25) is 4.79 Å². The van der Waals surface area contributed by atoms with E-state index in [1.165, 1.54) is 0 Å². The van der Waals surface area contributed by atoms with Crippen molar-refractivity contribution >= 4 is 12.0 Å². The van der Waals surface area contributed by atoms with Gasteiger partial charge in [0.1, 0.15) is 0 Å². The maximum Gasteiger partial charge on any atom is 0.394 e. The van der Waals surface area contributed by atoms with E-state index in [-0.39, 0.29) is 6.54 Å². The van der Waals surface area contributed by atoms with Gasteiger partial charge < -0.3 is 15.3 Å². The summed E-state index contributed by atoms with van der Waals surface area (Å²) in [5.41, 5.74) is 2.89. The maximum absolute atomic E-state index is 12.9. The highest BCUT2D eigenvalue weighted by Crippen LogP contribution is 2.37. The van der Waals surface area contributed by atoms with E-state index in [1.54, 1.807) is 0 Å². The molecule has 1 saturated heterocycles. The van der Waals surface area contributed by atoms with Crippen LogP contribution in [0.3, 0.4) is 0 Å². The zero-order chi connectivity index (χ0) is 18.1. The van der Waals surface area contributed by atoms with Crippen molar-refractivity contribution in [1.29, 1.82) is 0 Å². The van der Waals surface area contributed by atoms with E-state index in [0.29, 0.717) is 0 Å². The van der Waals surface area contributed by atoms with Crippen molar-refractivity contribution < 1.29 is 27.9 Å². The lowest BCUT2D eigenvalue weighted by atomic mass is 9.96. The number of carboxylic acids is 1. The Morgan fingerprint density at radius 3 is 2.46 bits per heavy atom. The second-order valence-electron chi connectivity index (χ2n) is 6.09. The minimum Gasteiger partial charge on any atom is -0.481 e. The molecule has 0 unspecified atom stereocenters. The Balaban J connectivity index is 2.01. The normalized spacial score (nSPS) is 21.0. The van der Waals surface area contributed by atoms with Crippen molar-refractivity contribution in [2.45, 2.75) is 26.6 Å². The van der Waals surface area contributed by atoms with E-state index in [2.05, 4.69) is 5.32 Å². The lowest BCUT2D eigenvalue weighted by molar-refractivity contribution is -0.187. The molecule has 1 aromatic carbocycles. The first-order valence-electron chi connectivity index (χ1n) is 7.48. The molecule has 0 bridgehead atoms. The van der Waals surface area contributed by atoms with Crippen molar-refractivity contribution in [2.24, 2.45) is 11.8 Å². The first-order valence-corrected chi connectivity index (χ1v) is 7.48. The molecule has 1 heterocycles. The average Bonchev–Trinajstić information content (AvgIpc) is 2.91. The number of amides is 2. The monoisotopic (exact) mass is 344 g/mol. The van der Waals surface area contributed by atoms with Crippen LogP contribution in [0, 0.1) is 25.7 Å². The zero-order valence-corrected chi connectivity index (χ0v) is 13.4. The largest absolute Gasteiger partial charge is 0.481 e. The van der Waals surface area contributed by atoms with Crippen LogP contribution in [0.1, 0.15) is 16.7 Å². The van der Waals surface area contributed by atoms with Gasteiger partial charge >= 0.3 is 18.2 Å². The predicted octanol–water partition coefficient (Wildman–Crippen LogP) is 2.71. The van der Waals surface area contributed by atoms with E-state index in [0.717, 1.165) is 21.6 Å². The Kier molecular flexibility index (Phi) is 5.05. The summed E-state index contributed by atoms with van der Waals surface area (Å²) in [5.74, 6) is -5.21. The molecule has 0 saturated carbocycles. The highest BCUT2D eigenvalue weighted by atomic mass is 19.4. The van der Waals surface area contributed by atoms with Crippen molar-refractivity contribution in [2.75, 3.05) is 13.1 Å². The molecule has 1 aromatic rings. The highest BCUT2D eigenvalue weighted by Gasteiger charge is 2.53. The third-order valence-corrected chi connectivity index (χ3v) is 4.27. The molecule has 8 heteroatoms. The Morgan fingerprint density at radius 2 is 1.96 bits per heavy atom. The number of alkyl halides is 3. The molecular formula is C16H19F3N2O3. The van der Waals surface area contributed by atoms with Crippen LogP contribution >= 0.6 is 0 Å². The predicted molar refractivity (Wildman–Crippen MR) is 80.4 cm³/mol. The maximum atomic E-state index is 12.9. The van der Waals surface area contributed by atoms with Crippen LogP contribution in [-0.2, 0) is 11.3 Å². The van der Waals surface area contributed by atoms with Gasteiger partial charge in [0.25, 0.3) is 0 Å². The Labute approximate surface area is 137 Å². The number of halogens is 3. The summed E-state index contributed by atoms with van der Waals surface area (Å²) in [4.78, 5) is 24.0. The van der Waals surface area contributed by atoms with E-state index >= 15 is 0 Å². The topological polar surface area (TPSA) is 69.6 Å². The fourth-order valence-electron chi connectivity index (χ4n) is 2.88. The molecule has 0 spiro atoms. The third kappa shape index (κ3) is 3.98. The van der Waals surface area contributed by atoms with Gasteiger partial charge in [0.15, 0.2) is 0 Å². The summed E-state index contributed by atoms with van der Waals surface area (Å²) in [6.07, 6.45) is -4.65. The summed E-state index contributed by atoms with van der Waals surface area (Å²) in [6, 6.07) is 4.98. The van der Waals surface area contributed by atoms with Gasteiger partial charge in [-0.15, -0.1) is 0 Å². The van der Waals surface area contributed by atoms with Gasteiger partial charge in [-0.1, -0.05) is 23.8 Å². The van der Waals surface area contributed by atoms with E-state index < -0.39 is 43.1 Å². The van der Waals surface area contributed by atoms with Gasteiger partial charge in [0.2, 0.25) is 0 Å². The average molecular weight is 344 g/mol. The number of carbonyl (C=O) groups excluding carboxylic acids is 1. The molecule has 2 rings (SSSR count). The van der Waals surface area contributed by atoms with Gasteiger partial charge in [-0.25, -0.2) is 4.79 Å². The van der Waals surface area contributed by atoms with Crippen LogP contribution in [0.5, 0.6) is 0 Å². The Hall–Kier alpha value is -2.25. The standard InChI is InChI=1S/C16H19F3N2O3/c1-9-3-4-11(10(2)5-9)6-20-15(24)21-7-12(14(22)23)13(8-21)16(17,18)19/h3-5,12-13H,6-8H2,1-2H3,(H,20,24)(H,22,23)/t12-,13-/m1/s1. The summed E-state index contributed by atoms with van der Waals surface area (Å²) in [7, 11) is 0. The fourth-order valence-corrected chi connectivity index (χ4v) is 2.88. The van der Waals surface area contributed by atoms with Crippen molar-refractivity contribution in [1.82, 2.24) is 10.2 Å². The number of urea groups is 1. The van der Waals surface area contributed by atoms with E-state index in [1.807, 2.05) is 32.0 Å². The van der Waals surface area contributed by atoms with Crippen LogP contribution in [0.4, 0.5) is 18.0 Å². The van der Waals surface area contributed by atoms with Crippen molar-refractivity contribution in [3.63, 3.8) is 0 Å². The third-order valence-electron chi connectivity index (χ3n) is 4.27. The van der Waals surface area contributed by atoms with Gasteiger partial charge in [-0.2, -0.15) is 13.2 Å².